The third-order valence-corrected chi connectivity index (χ3v) is 19.0. The second-order valence-corrected chi connectivity index (χ2v) is 28.8. The quantitative estimate of drug-likeness (QED) is 0.00957. The zero-order valence-corrected chi connectivity index (χ0v) is 68.7. The average Bonchev–Trinajstić information content (AvgIpc) is 0.821. The number of hydrogen-bond donors (Lipinski definition) is 12. The van der Waals surface area contributed by atoms with Crippen molar-refractivity contribution in [3.8, 4) is 23.0 Å². The van der Waals surface area contributed by atoms with Crippen LogP contribution in [0.5, 0.6) is 23.0 Å². The number of ketones is 2. The zero-order chi connectivity index (χ0) is 87.2. The van der Waals surface area contributed by atoms with E-state index < -0.39 is 27.4 Å². The van der Waals surface area contributed by atoms with Crippen LogP contribution in [-0.2, 0) is 44.4 Å². The summed E-state index contributed by atoms with van der Waals surface area (Å²) >= 11 is 0. The van der Waals surface area contributed by atoms with Gasteiger partial charge in [-0.2, -0.15) is 58.0 Å². The number of benzene rings is 9. The molecule has 12 aromatic rings. The van der Waals surface area contributed by atoms with E-state index in [1.807, 2.05) is 91.0 Å². The maximum absolute atomic E-state index is 13.1. The van der Waals surface area contributed by atoms with Crippen LogP contribution in [0.1, 0.15) is 58.4 Å². The molecule has 0 spiro atoms. The second-order valence-electron chi connectivity index (χ2n) is 26.7. The highest BCUT2D eigenvalue weighted by Gasteiger charge is 2.34. The molecule has 0 amide bonds. The average molecular weight is 1720 g/mol. The normalized spacial score (nSPS) is 11.0. The van der Waals surface area contributed by atoms with Gasteiger partial charge in [0.2, 0.25) is 53.5 Å². The molecule has 36 heteroatoms. The smallest absolute Gasteiger partial charge is 0.417 e. The number of carbonyl (C=O) groups is 2. The minimum absolute atomic E-state index is 0.0401. The van der Waals surface area contributed by atoms with Crippen molar-refractivity contribution in [3.63, 3.8) is 0 Å². The van der Waals surface area contributed by atoms with E-state index in [1.165, 1.54) is 18.2 Å². The Kier molecular flexibility index (Phi) is 37.7. The molecule has 0 aliphatic rings. The molecule has 3 aromatic heterocycles. The molecule has 0 saturated heterocycles. The number of nitrogens with zero attached hydrogens (tertiary/aromatic N) is 9. The minimum atomic E-state index is -4.58. The van der Waals surface area contributed by atoms with Crippen LogP contribution in [0.15, 0.2) is 248 Å². The fourth-order valence-electron chi connectivity index (χ4n) is 11.1. The predicted octanol–water partition coefficient (Wildman–Crippen LogP) is 15.7. The van der Waals surface area contributed by atoms with Gasteiger partial charge in [0.15, 0.2) is 21.4 Å². The Morgan fingerprint density at radius 1 is 0.331 bits per heavy atom. The highest BCUT2D eigenvalue weighted by molar-refractivity contribution is 7.91. The number of alkyl halides is 3. The minimum Gasteiger partial charge on any atom is -0.508 e. The third-order valence-electron chi connectivity index (χ3n) is 17.2. The number of para-hydroxylation sites is 3. The van der Waals surface area contributed by atoms with Gasteiger partial charge in [-0.1, -0.05) is 91.0 Å². The Labute approximate surface area is 715 Å². The zero-order valence-electron chi connectivity index (χ0n) is 67.8. The molecule has 12 rings (SSSR count). The predicted molar refractivity (Wildman–Crippen MR) is 468 cm³/mol. The number of aromatic hydroxyl groups is 3. The highest BCUT2D eigenvalue weighted by atomic mass is 32.2. The molecule has 0 unspecified atom stereocenters. The SMILES string of the molecule is COc1ccc(C(=O)CCCOCCOCCNc2nc(Nc3ccccc3)nc(Nc3ccc(O)cc3)n2)cc1.O=C(CCCOCCOCCNc1nc(Nc2ccccc2)nc(Nc2ccc(O)cc2)n1)c1ccccc1C(F)(F)F.O=S(=O)(CCCOCCOCCNc1nc(Nc2ccccc2)nc(Nc2ccc(O)cc2)n1)c1ccccc1. The van der Waals surface area contributed by atoms with Gasteiger partial charge in [0.05, 0.1) is 82.8 Å². The van der Waals surface area contributed by atoms with Crippen molar-refractivity contribution in [2.45, 2.75) is 43.2 Å². The number of hydrogen-bond acceptors (Lipinski definition) is 32. The van der Waals surface area contributed by atoms with E-state index in [4.69, 9.17) is 33.2 Å². The van der Waals surface area contributed by atoms with Crippen molar-refractivity contribution in [1.29, 1.82) is 0 Å². The molecule has 124 heavy (non-hydrogen) atoms. The summed E-state index contributed by atoms with van der Waals surface area (Å²) in [5.74, 6) is 3.80. The standard InChI is InChI=1S/C30H31F3N6O4.C30H34N6O5.C28H32N6O5S/c31-30(32,33)25-10-5-4-9-24(25)26(41)11-6-17-42-19-20-43-18-16-34-27-37-28(35-21-7-2-1-3-8-21)39-29(38-27)36-22-12-14-23(40)15-13-22;1-39-26-15-9-22(10-16-26)27(38)8-5-18-40-20-21-41-19-17-31-28-34-29(32-23-6-3-2-4-7-23)36-30(35-28)33-24-11-13-25(37)14-12-24;35-24-14-12-23(13-15-24)31-28-33-26(32-27(34-28)30-22-8-3-1-4-9-22)29-16-18-39-20-19-38-17-7-21-40(36,37)25-10-5-2-6-11-25/h1-5,7-10,12-15,40H,6,11,16-20H2,(H3,34,35,36,37,38,39);2-4,6-7,9-16,37H,5,8,17-21H2,1H3,(H3,31,32,33,34,35,36);1-6,8-15,35H,7,16-21H2,(H3,29,30,31,32,33,34). The number of phenolic OH excluding ortho intramolecular Hbond substituents is 3. The molecule has 650 valence electrons. The maximum Gasteiger partial charge on any atom is 0.417 e. The van der Waals surface area contributed by atoms with Gasteiger partial charge in [-0.25, -0.2) is 8.42 Å². The lowest BCUT2D eigenvalue weighted by atomic mass is 10.0. The number of aromatic nitrogens is 9. The number of halogens is 3. The Hall–Kier alpha value is -13.8. The lowest BCUT2D eigenvalue weighted by Crippen LogP contribution is -2.16. The Balaban J connectivity index is 0.000000195. The molecule has 0 saturated carbocycles. The van der Waals surface area contributed by atoms with E-state index in [-0.39, 0.29) is 66.5 Å². The van der Waals surface area contributed by atoms with Gasteiger partial charge in [0.1, 0.15) is 23.0 Å². The number of phenols is 3. The monoisotopic (exact) mass is 1720 g/mol. The number of methoxy groups -OCH3 is 1. The molecular formula is C88H97F3N18O14S. The van der Waals surface area contributed by atoms with Gasteiger partial charge in [-0.15, -0.1) is 0 Å². The summed E-state index contributed by atoms with van der Waals surface area (Å²) in [6.07, 6.45) is -2.84. The van der Waals surface area contributed by atoms with Crippen LogP contribution >= 0.6 is 0 Å². The topological polar surface area (TPSA) is 418 Å². The molecule has 0 radical (unpaired) electrons. The van der Waals surface area contributed by atoms with Crippen LogP contribution in [0, 0.1) is 0 Å². The van der Waals surface area contributed by atoms with Crippen LogP contribution in [-0.4, -0.2) is 192 Å². The molecule has 3 heterocycles. The number of ether oxygens (including phenoxy) is 7. The van der Waals surface area contributed by atoms with Crippen LogP contribution in [0.3, 0.4) is 0 Å². The van der Waals surface area contributed by atoms with Crippen molar-refractivity contribution in [2.75, 3.05) is 160 Å². The molecule has 32 nitrogen and oxygen atoms in total. The first-order valence-corrected chi connectivity index (χ1v) is 41.2. The number of anilines is 15. The van der Waals surface area contributed by atoms with E-state index in [2.05, 4.69) is 92.7 Å². The fourth-order valence-corrected chi connectivity index (χ4v) is 12.4. The lowest BCUT2D eigenvalue weighted by Gasteiger charge is -2.12. The first-order valence-electron chi connectivity index (χ1n) is 39.6. The van der Waals surface area contributed by atoms with Gasteiger partial charge >= 0.3 is 6.18 Å². The first-order chi connectivity index (χ1) is 60.3. The van der Waals surface area contributed by atoms with Gasteiger partial charge in [0, 0.05) is 97.5 Å². The summed E-state index contributed by atoms with van der Waals surface area (Å²) in [5, 5.41) is 56.8. The van der Waals surface area contributed by atoms with Gasteiger partial charge < -0.3 is 96.3 Å². The van der Waals surface area contributed by atoms with E-state index in [0.29, 0.717) is 174 Å². The third kappa shape index (κ3) is 34.0. The number of sulfone groups is 1. The molecule has 12 N–H and O–H groups in total. The highest BCUT2D eigenvalue weighted by Crippen LogP contribution is 2.33. The van der Waals surface area contributed by atoms with Crippen molar-refractivity contribution < 1.29 is 79.7 Å². The first kappa shape index (κ1) is 92.5. The summed E-state index contributed by atoms with van der Waals surface area (Å²) in [6, 6.07) is 68.5. The number of Topliss-reactive ketones (excluding diaryl/α,β-unsaturated/α-hetero) is 2. The molecular weight excluding hydrogens is 1620 g/mol. The van der Waals surface area contributed by atoms with Crippen LogP contribution in [0.25, 0.3) is 0 Å². The molecule has 0 fully saturated rings. The maximum atomic E-state index is 13.1. The van der Waals surface area contributed by atoms with Gasteiger partial charge in [-0.3, -0.25) is 9.59 Å². The molecule has 0 bridgehead atoms. The van der Waals surface area contributed by atoms with E-state index >= 15 is 0 Å². The van der Waals surface area contributed by atoms with E-state index in [1.54, 1.807) is 135 Å². The molecule has 0 aliphatic carbocycles. The largest absolute Gasteiger partial charge is 0.508 e. The number of rotatable bonds is 49. The van der Waals surface area contributed by atoms with E-state index in [9.17, 15) is 46.5 Å². The molecule has 0 aliphatic heterocycles. The Morgan fingerprint density at radius 3 is 0.960 bits per heavy atom. The molecule has 0 atom stereocenters. The van der Waals surface area contributed by atoms with Crippen LogP contribution < -0.4 is 52.6 Å². The van der Waals surface area contributed by atoms with Crippen molar-refractivity contribution in [3.05, 3.63) is 259 Å². The van der Waals surface area contributed by atoms with Crippen LogP contribution in [0.2, 0.25) is 0 Å². The number of carbonyl (C=O) groups excluding carboxylic acids is 2. The Bertz CT molecular complexity index is 5280. The lowest BCUT2D eigenvalue weighted by molar-refractivity contribution is -0.137. The summed E-state index contributed by atoms with van der Waals surface area (Å²) in [4.78, 5) is 64.7. The Morgan fingerprint density at radius 2 is 0.621 bits per heavy atom. The van der Waals surface area contributed by atoms with Crippen LogP contribution in [0.4, 0.5) is 101 Å². The van der Waals surface area contributed by atoms with Crippen molar-refractivity contribution in [2.24, 2.45) is 0 Å². The summed E-state index contributed by atoms with van der Waals surface area (Å²) < 4.78 is 102. The molecule has 9 aromatic carbocycles. The second kappa shape index (κ2) is 50.5. The van der Waals surface area contributed by atoms with Gasteiger partial charge in [0.25, 0.3) is 0 Å². The summed E-state index contributed by atoms with van der Waals surface area (Å²) in [7, 11) is -1.69. The van der Waals surface area contributed by atoms with Crippen molar-refractivity contribution in [1.82, 2.24) is 44.9 Å². The summed E-state index contributed by atoms with van der Waals surface area (Å²) in [5.41, 5.74) is 4.01. The summed E-state index contributed by atoms with van der Waals surface area (Å²) in [6.45, 7) is 5.66. The number of nitrogens with one attached hydrogen (secondary N) is 9. The van der Waals surface area contributed by atoms with Crippen molar-refractivity contribution >= 4 is 109 Å². The fraction of sp³-hybridized carbons (Fsp3) is 0.261. The van der Waals surface area contributed by atoms with E-state index in [0.717, 1.165) is 34.6 Å². The van der Waals surface area contributed by atoms with Gasteiger partial charge in [-0.05, 0) is 171 Å².